The van der Waals surface area contributed by atoms with Crippen molar-refractivity contribution in [2.75, 3.05) is 42.5 Å². The number of H-pyrrole nitrogens is 1. The number of fused-ring (bicyclic) bond motifs is 1. The van der Waals surface area contributed by atoms with Crippen LogP contribution in [0, 0.1) is 11.6 Å². The van der Waals surface area contributed by atoms with E-state index in [9.17, 15) is 8.78 Å². The molecule has 3 aromatic heterocycles. The molecule has 2 N–H and O–H groups in total. The van der Waals surface area contributed by atoms with Gasteiger partial charge in [-0.2, -0.15) is 10.2 Å². The summed E-state index contributed by atoms with van der Waals surface area (Å²) in [7, 11) is 0. The average Bonchev–Trinajstić information content (AvgIpc) is 3.74. The minimum Gasteiger partial charge on any atom is -0.369 e. The maximum atomic E-state index is 14.6. The Morgan fingerprint density at radius 3 is 2.62 bits per heavy atom. The van der Waals surface area contributed by atoms with E-state index in [1.54, 1.807) is 10.7 Å². The number of benzene rings is 2. The van der Waals surface area contributed by atoms with Crippen molar-refractivity contribution in [1.82, 2.24) is 35.1 Å². The molecule has 2 aromatic carbocycles. The van der Waals surface area contributed by atoms with Crippen molar-refractivity contribution in [2.45, 2.75) is 18.9 Å². The van der Waals surface area contributed by atoms with E-state index in [0.29, 0.717) is 40.8 Å². The van der Waals surface area contributed by atoms with Crippen LogP contribution in [-0.4, -0.2) is 62.5 Å². The topological polar surface area (TPSA) is 90.3 Å². The number of rotatable bonds is 5. The summed E-state index contributed by atoms with van der Waals surface area (Å²) in [6.07, 6.45) is 5.11. The SMILES string of the molecule is Fc1ccc(F)c([C@H]2CCCN2c2ccn3ncc(-c4nc(-c5ccc(N6CCNCC6)cc5)n[nH]4)c3n2)c1. The molecule has 198 valence electrons. The van der Waals surface area contributed by atoms with Gasteiger partial charge in [0.25, 0.3) is 0 Å². The first-order valence-electron chi connectivity index (χ1n) is 13.2. The van der Waals surface area contributed by atoms with Gasteiger partial charge in [-0.3, -0.25) is 5.10 Å². The monoisotopic (exact) mass is 527 g/mol. The van der Waals surface area contributed by atoms with Gasteiger partial charge in [0.15, 0.2) is 17.3 Å². The minimum atomic E-state index is -0.445. The molecule has 0 unspecified atom stereocenters. The molecule has 0 bridgehead atoms. The number of piperazine rings is 1. The van der Waals surface area contributed by atoms with E-state index < -0.39 is 11.6 Å². The Labute approximate surface area is 223 Å². The molecule has 11 heteroatoms. The smallest absolute Gasteiger partial charge is 0.181 e. The Morgan fingerprint density at radius 1 is 0.923 bits per heavy atom. The molecule has 2 saturated heterocycles. The molecule has 5 heterocycles. The molecule has 0 saturated carbocycles. The summed E-state index contributed by atoms with van der Waals surface area (Å²) in [4.78, 5) is 14.0. The molecular formula is C28H27F2N9. The summed E-state index contributed by atoms with van der Waals surface area (Å²) in [5.41, 5.74) is 3.77. The second-order valence-electron chi connectivity index (χ2n) is 9.92. The molecule has 0 spiro atoms. The molecule has 0 radical (unpaired) electrons. The quantitative estimate of drug-likeness (QED) is 0.354. The van der Waals surface area contributed by atoms with Crippen LogP contribution < -0.4 is 15.1 Å². The summed E-state index contributed by atoms with van der Waals surface area (Å²) in [5.74, 6) is 0.978. The van der Waals surface area contributed by atoms with E-state index >= 15 is 0 Å². The van der Waals surface area contributed by atoms with Gasteiger partial charge in [-0.1, -0.05) is 0 Å². The average molecular weight is 528 g/mol. The fourth-order valence-corrected chi connectivity index (χ4v) is 5.58. The van der Waals surface area contributed by atoms with Crippen LogP contribution in [-0.2, 0) is 0 Å². The van der Waals surface area contributed by atoms with E-state index in [-0.39, 0.29) is 6.04 Å². The predicted molar refractivity (Wildman–Crippen MR) is 145 cm³/mol. The lowest BCUT2D eigenvalue weighted by Gasteiger charge is -2.29. The third kappa shape index (κ3) is 4.38. The van der Waals surface area contributed by atoms with Gasteiger partial charge in [-0.05, 0) is 61.4 Å². The van der Waals surface area contributed by atoms with Crippen molar-refractivity contribution in [3.05, 3.63) is 78.1 Å². The molecule has 0 aliphatic carbocycles. The maximum absolute atomic E-state index is 14.6. The number of anilines is 2. The maximum Gasteiger partial charge on any atom is 0.181 e. The zero-order valence-electron chi connectivity index (χ0n) is 21.2. The fourth-order valence-electron chi connectivity index (χ4n) is 5.58. The van der Waals surface area contributed by atoms with E-state index in [0.717, 1.165) is 50.7 Å². The zero-order chi connectivity index (χ0) is 26.3. The van der Waals surface area contributed by atoms with Gasteiger partial charge in [0.05, 0.1) is 17.8 Å². The Bertz CT molecular complexity index is 1620. The van der Waals surface area contributed by atoms with Crippen LogP contribution in [0.25, 0.3) is 28.4 Å². The fraction of sp³-hybridized carbons (Fsp3) is 0.286. The zero-order valence-corrected chi connectivity index (χ0v) is 21.2. The van der Waals surface area contributed by atoms with Crippen molar-refractivity contribution in [3.63, 3.8) is 0 Å². The molecule has 2 aliphatic rings. The van der Waals surface area contributed by atoms with Crippen molar-refractivity contribution >= 4 is 17.2 Å². The summed E-state index contributed by atoms with van der Waals surface area (Å²) in [5, 5.41) is 15.3. The highest BCUT2D eigenvalue weighted by Gasteiger charge is 2.30. The molecule has 9 nitrogen and oxygen atoms in total. The number of halogens is 2. The number of hydrogen-bond acceptors (Lipinski definition) is 7. The summed E-state index contributed by atoms with van der Waals surface area (Å²) < 4.78 is 30.2. The first-order valence-corrected chi connectivity index (χ1v) is 13.2. The Balaban J connectivity index is 1.17. The van der Waals surface area contributed by atoms with E-state index in [1.807, 2.05) is 29.3 Å². The molecule has 7 rings (SSSR count). The molecule has 2 fully saturated rings. The van der Waals surface area contributed by atoms with Gasteiger partial charge in [0.1, 0.15) is 17.5 Å². The minimum absolute atomic E-state index is 0.289. The largest absolute Gasteiger partial charge is 0.369 e. The van der Waals surface area contributed by atoms with Crippen molar-refractivity contribution in [3.8, 4) is 22.8 Å². The van der Waals surface area contributed by atoms with Crippen LogP contribution in [0.4, 0.5) is 20.3 Å². The van der Waals surface area contributed by atoms with Gasteiger partial charge in [0.2, 0.25) is 0 Å². The van der Waals surface area contributed by atoms with Gasteiger partial charge < -0.3 is 15.1 Å². The molecule has 0 amide bonds. The van der Waals surface area contributed by atoms with Gasteiger partial charge in [-0.25, -0.2) is 23.3 Å². The molecule has 2 aliphatic heterocycles. The van der Waals surface area contributed by atoms with Crippen molar-refractivity contribution in [2.24, 2.45) is 0 Å². The third-order valence-corrected chi connectivity index (χ3v) is 7.57. The molecular weight excluding hydrogens is 500 g/mol. The normalized spacial score (nSPS) is 17.8. The lowest BCUT2D eigenvalue weighted by atomic mass is 10.0. The Morgan fingerprint density at radius 2 is 1.77 bits per heavy atom. The lowest BCUT2D eigenvalue weighted by molar-refractivity contribution is 0.560. The molecule has 5 aromatic rings. The highest BCUT2D eigenvalue weighted by atomic mass is 19.1. The van der Waals surface area contributed by atoms with Gasteiger partial charge in [-0.15, -0.1) is 0 Å². The number of nitrogens with zero attached hydrogens (tertiary/aromatic N) is 7. The number of aromatic amines is 1. The van der Waals surface area contributed by atoms with Crippen LogP contribution in [0.3, 0.4) is 0 Å². The first kappa shape index (κ1) is 23.7. The third-order valence-electron chi connectivity index (χ3n) is 7.57. The second kappa shape index (κ2) is 9.73. The highest BCUT2D eigenvalue weighted by Crippen LogP contribution is 2.37. The molecule has 39 heavy (non-hydrogen) atoms. The van der Waals surface area contributed by atoms with Gasteiger partial charge >= 0.3 is 0 Å². The summed E-state index contributed by atoms with van der Waals surface area (Å²) in [6.45, 7) is 4.65. The van der Waals surface area contributed by atoms with E-state index in [1.165, 1.54) is 17.8 Å². The standard InChI is InChI=1S/C28H27F2N9/c29-19-5-8-23(30)21(16-19)24-2-1-12-38(24)25-9-13-39-28(33-25)22(17-32-39)27-34-26(35-36-27)18-3-6-20(7-4-18)37-14-10-31-11-15-37/h3-9,13,16-17,24,31H,1-2,10-12,14-15H2,(H,34,35,36)/t24-/m1/s1. The van der Waals surface area contributed by atoms with Crippen molar-refractivity contribution in [1.29, 1.82) is 0 Å². The number of aromatic nitrogens is 6. The lowest BCUT2D eigenvalue weighted by Crippen LogP contribution is -2.43. The van der Waals surface area contributed by atoms with Crippen LogP contribution in [0.2, 0.25) is 0 Å². The van der Waals surface area contributed by atoms with E-state index in [2.05, 4.69) is 37.6 Å². The summed E-state index contributed by atoms with van der Waals surface area (Å²) in [6, 6.07) is 13.5. The Kier molecular flexibility index (Phi) is 5.92. The summed E-state index contributed by atoms with van der Waals surface area (Å²) >= 11 is 0. The Hall–Kier alpha value is -4.38. The van der Waals surface area contributed by atoms with Crippen LogP contribution in [0.15, 0.2) is 60.9 Å². The van der Waals surface area contributed by atoms with Crippen LogP contribution >= 0.6 is 0 Å². The predicted octanol–water partition coefficient (Wildman–Crippen LogP) is 4.21. The van der Waals surface area contributed by atoms with Crippen LogP contribution in [0.1, 0.15) is 24.4 Å². The molecule has 1 atom stereocenters. The number of nitrogens with one attached hydrogen (secondary N) is 2. The van der Waals surface area contributed by atoms with Gasteiger partial charge in [0, 0.05) is 55.7 Å². The second-order valence-corrected chi connectivity index (χ2v) is 9.92. The van der Waals surface area contributed by atoms with Crippen molar-refractivity contribution < 1.29 is 8.78 Å². The first-order chi connectivity index (χ1) is 19.1. The number of hydrogen-bond donors (Lipinski definition) is 2. The highest BCUT2D eigenvalue weighted by molar-refractivity contribution is 5.74. The van der Waals surface area contributed by atoms with Crippen LogP contribution in [0.5, 0.6) is 0 Å². The van der Waals surface area contributed by atoms with E-state index in [4.69, 9.17) is 9.97 Å².